The summed E-state index contributed by atoms with van der Waals surface area (Å²) in [6, 6.07) is 5.38. The van der Waals surface area contributed by atoms with E-state index in [1.807, 2.05) is 19.2 Å². The molecule has 0 saturated carbocycles. The quantitative estimate of drug-likeness (QED) is 0.558. The lowest BCUT2D eigenvalue weighted by molar-refractivity contribution is -0.124. The lowest BCUT2D eigenvalue weighted by Gasteiger charge is -2.18. The molecule has 0 saturated heterocycles. The first-order valence-electron chi connectivity index (χ1n) is 8.41. The van der Waals surface area contributed by atoms with E-state index in [0.717, 1.165) is 11.8 Å². The molecular weight excluding hydrogens is 397 g/mol. The summed E-state index contributed by atoms with van der Waals surface area (Å²) in [5.74, 6) is -1.09. The molecule has 7 nitrogen and oxygen atoms in total. The minimum absolute atomic E-state index is 0.176. The van der Waals surface area contributed by atoms with Crippen LogP contribution < -0.4 is 16.2 Å². The number of carbonyl (C=O) groups is 2. The number of amides is 3. The normalized spacial score (nSPS) is 12.6. The van der Waals surface area contributed by atoms with Crippen molar-refractivity contribution in [3.63, 3.8) is 0 Å². The molecule has 1 atom stereocenters. The van der Waals surface area contributed by atoms with Crippen LogP contribution in [0.15, 0.2) is 34.2 Å². The number of hydrogen-bond acceptors (Lipinski definition) is 5. The molecule has 1 heterocycles. The monoisotopic (exact) mass is 416 g/mol. The highest BCUT2D eigenvalue weighted by Crippen LogP contribution is 2.22. The molecule has 1 aromatic carbocycles. The Hall–Kier alpha value is -2.56. The van der Waals surface area contributed by atoms with Crippen molar-refractivity contribution in [1.82, 2.24) is 20.2 Å². The van der Waals surface area contributed by atoms with Crippen LogP contribution in [0.1, 0.15) is 26.3 Å². The van der Waals surface area contributed by atoms with Crippen LogP contribution in [0.5, 0.6) is 0 Å². The Balaban J connectivity index is 2.14. The first-order valence-corrected chi connectivity index (χ1v) is 9.39. The largest absolute Gasteiger partial charge is 0.405 e. The van der Waals surface area contributed by atoms with Crippen molar-refractivity contribution in [2.45, 2.75) is 37.6 Å². The van der Waals surface area contributed by atoms with Gasteiger partial charge in [-0.3, -0.25) is 19.5 Å². The number of rotatable bonds is 6. The molecule has 0 unspecified atom stereocenters. The molecule has 3 amide bonds. The SMILES string of the molecule is CC[C@@H](C)n1c(SCC(=O)NC(=O)NCC(F)(F)F)nc2ccccc2c1=O. The van der Waals surface area contributed by atoms with Crippen molar-refractivity contribution >= 4 is 34.6 Å². The topological polar surface area (TPSA) is 93.1 Å². The highest BCUT2D eigenvalue weighted by atomic mass is 32.2. The fraction of sp³-hybridized carbons (Fsp3) is 0.412. The van der Waals surface area contributed by atoms with Gasteiger partial charge in [-0.2, -0.15) is 13.2 Å². The van der Waals surface area contributed by atoms with Gasteiger partial charge in [-0.05, 0) is 25.5 Å². The van der Waals surface area contributed by atoms with Gasteiger partial charge in [-0.15, -0.1) is 0 Å². The molecule has 11 heteroatoms. The number of nitrogens with one attached hydrogen (secondary N) is 2. The first-order chi connectivity index (χ1) is 13.1. The van der Waals surface area contributed by atoms with Gasteiger partial charge in [-0.1, -0.05) is 30.8 Å². The Morgan fingerprint density at radius 3 is 2.61 bits per heavy atom. The predicted octanol–water partition coefficient (Wildman–Crippen LogP) is 2.85. The van der Waals surface area contributed by atoms with Gasteiger partial charge in [-0.25, -0.2) is 9.78 Å². The summed E-state index contributed by atoms with van der Waals surface area (Å²) in [5.41, 5.74) is 0.226. The molecule has 0 radical (unpaired) electrons. The van der Waals surface area contributed by atoms with E-state index in [1.54, 1.807) is 29.6 Å². The van der Waals surface area contributed by atoms with E-state index in [2.05, 4.69) is 4.98 Å². The van der Waals surface area contributed by atoms with Crippen LogP contribution in [0.3, 0.4) is 0 Å². The fourth-order valence-corrected chi connectivity index (χ4v) is 3.21. The Labute approximate surface area is 162 Å². The Kier molecular flexibility index (Phi) is 7.05. The average molecular weight is 416 g/mol. The molecule has 2 rings (SSSR count). The molecule has 0 fully saturated rings. The van der Waals surface area contributed by atoms with Crippen LogP contribution in [0, 0.1) is 0 Å². The van der Waals surface area contributed by atoms with Gasteiger partial charge in [0.2, 0.25) is 5.91 Å². The molecule has 0 aliphatic heterocycles. The second-order valence-electron chi connectivity index (χ2n) is 5.98. The summed E-state index contributed by atoms with van der Waals surface area (Å²) in [5, 5.41) is 4.10. The van der Waals surface area contributed by atoms with Crippen molar-refractivity contribution < 1.29 is 22.8 Å². The van der Waals surface area contributed by atoms with Crippen molar-refractivity contribution in [3.05, 3.63) is 34.6 Å². The van der Waals surface area contributed by atoms with Crippen LogP contribution in [-0.4, -0.2) is 40.0 Å². The second-order valence-corrected chi connectivity index (χ2v) is 6.92. The molecule has 0 bridgehead atoms. The maximum absolute atomic E-state index is 12.8. The molecule has 152 valence electrons. The first kappa shape index (κ1) is 21.7. The van der Waals surface area contributed by atoms with Gasteiger partial charge in [0.1, 0.15) is 6.54 Å². The molecule has 0 spiro atoms. The zero-order valence-corrected chi connectivity index (χ0v) is 16.0. The highest BCUT2D eigenvalue weighted by Gasteiger charge is 2.28. The van der Waals surface area contributed by atoms with Crippen LogP contribution in [0.4, 0.5) is 18.0 Å². The minimum Gasteiger partial charge on any atom is -0.329 e. The van der Waals surface area contributed by atoms with Gasteiger partial charge in [0.05, 0.1) is 16.7 Å². The summed E-state index contributed by atoms with van der Waals surface area (Å²) >= 11 is 0.931. The van der Waals surface area contributed by atoms with Gasteiger partial charge < -0.3 is 5.32 Å². The minimum atomic E-state index is -4.57. The summed E-state index contributed by atoms with van der Waals surface area (Å²) in [7, 11) is 0. The van der Waals surface area contributed by atoms with Gasteiger partial charge in [0, 0.05) is 6.04 Å². The van der Waals surface area contributed by atoms with Crippen molar-refractivity contribution in [2.24, 2.45) is 0 Å². The predicted molar refractivity (Wildman–Crippen MR) is 99.3 cm³/mol. The maximum atomic E-state index is 12.8. The zero-order chi connectivity index (χ0) is 20.9. The summed E-state index contributed by atoms with van der Waals surface area (Å²) in [6.45, 7) is 2.20. The van der Waals surface area contributed by atoms with Gasteiger partial charge >= 0.3 is 12.2 Å². The number of hydrogen-bond donors (Lipinski definition) is 2. The van der Waals surface area contributed by atoms with E-state index in [9.17, 15) is 27.6 Å². The molecule has 2 N–H and O–H groups in total. The van der Waals surface area contributed by atoms with Crippen LogP contribution in [-0.2, 0) is 4.79 Å². The molecular formula is C17H19F3N4O3S. The summed E-state index contributed by atoms with van der Waals surface area (Å²) < 4.78 is 37.7. The van der Waals surface area contributed by atoms with Crippen LogP contribution in [0.2, 0.25) is 0 Å². The number of urea groups is 1. The lowest BCUT2D eigenvalue weighted by atomic mass is 10.2. The number of carbonyl (C=O) groups excluding carboxylic acids is 2. The Morgan fingerprint density at radius 1 is 1.29 bits per heavy atom. The smallest absolute Gasteiger partial charge is 0.329 e. The molecule has 2 aromatic rings. The number of fused-ring (bicyclic) bond motifs is 1. The second kappa shape index (κ2) is 9.09. The number of benzene rings is 1. The van der Waals surface area contributed by atoms with E-state index in [4.69, 9.17) is 0 Å². The molecule has 0 aliphatic rings. The number of para-hydroxylation sites is 1. The number of nitrogens with zero attached hydrogens (tertiary/aromatic N) is 2. The average Bonchev–Trinajstić information content (AvgIpc) is 2.64. The molecule has 28 heavy (non-hydrogen) atoms. The van der Waals surface area contributed by atoms with Crippen molar-refractivity contribution in [3.8, 4) is 0 Å². The van der Waals surface area contributed by atoms with Crippen molar-refractivity contribution in [2.75, 3.05) is 12.3 Å². The Morgan fingerprint density at radius 2 is 1.96 bits per heavy atom. The molecule has 1 aromatic heterocycles. The van der Waals surface area contributed by atoms with E-state index in [0.29, 0.717) is 22.5 Å². The fourth-order valence-electron chi connectivity index (χ4n) is 2.32. The Bertz CT molecular complexity index is 930. The number of aromatic nitrogens is 2. The third-order valence-electron chi connectivity index (χ3n) is 3.84. The zero-order valence-electron chi connectivity index (χ0n) is 15.2. The van der Waals surface area contributed by atoms with Gasteiger partial charge in [0.25, 0.3) is 5.56 Å². The van der Waals surface area contributed by atoms with E-state index in [1.165, 1.54) is 4.57 Å². The lowest BCUT2D eigenvalue weighted by Crippen LogP contribution is -2.44. The van der Waals surface area contributed by atoms with Gasteiger partial charge in [0.15, 0.2) is 5.16 Å². The molecule has 0 aliphatic carbocycles. The van der Waals surface area contributed by atoms with E-state index < -0.39 is 24.7 Å². The third-order valence-corrected chi connectivity index (χ3v) is 4.79. The third kappa shape index (κ3) is 5.72. The highest BCUT2D eigenvalue weighted by molar-refractivity contribution is 7.99. The maximum Gasteiger partial charge on any atom is 0.405 e. The van der Waals surface area contributed by atoms with Crippen LogP contribution >= 0.6 is 11.8 Å². The van der Waals surface area contributed by atoms with E-state index >= 15 is 0 Å². The number of alkyl halides is 3. The summed E-state index contributed by atoms with van der Waals surface area (Å²) in [6.07, 6.45) is -3.92. The standard InChI is InChI=1S/C17H19F3N4O3S/c1-3-10(2)24-14(26)11-6-4-5-7-12(11)22-16(24)28-8-13(25)23-15(27)21-9-17(18,19)20/h4-7,10H,3,8-9H2,1-2H3,(H2,21,23,25,27)/t10-/m1/s1. The number of halogens is 3. The number of thioether (sulfide) groups is 1. The number of imide groups is 1. The summed E-state index contributed by atoms with van der Waals surface area (Å²) in [4.78, 5) is 40.4. The van der Waals surface area contributed by atoms with Crippen LogP contribution in [0.25, 0.3) is 10.9 Å². The van der Waals surface area contributed by atoms with Crippen molar-refractivity contribution in [1.29, 1.82) is 0 Å². The van der Waals surface area contributed by atoms with E-state index in [-0.39, 0.29) is 17.4 Å².